The quantitative estimate of drug-likeness (QED) is 0.767. The van der Waals surface area contributed by atoms with Gasteiger partial charge in [0.25, 0.3) is 0 Å². The van der Waals surface area contributed by atoms with Crippen molar-refractivity contribution in [3.63, 3.8) is 0 Å². The van der Waals surface area contributed by atoms with Crippen LogP contribution in [0.4, 0.5) is 10.1 Å². The van der Waals surface area contributed by atoms with Gasteiger partial charge < -0.3 is 10.6 Å². The van der Waals surface area contributed by atoms with Crippen LogP contribution in [0.15, 0.2) is 24.3 Å². The van der Waals surface area contributed by atoms with Gasteiger partial charge in [-0.25, -0.2) is 4.39 Å². The molecule has 1 aromatic rings. The van der Waals surface area contributed by atoms with Crippen LogP contribution in [0, 0.1) is 5.82 Å². The molecule has 0 fully saturated rings. The second kappa shape index (κ2) is 6.62. The monoisotopic (exact) mass is 238 g/mol. The van der Waals surface area contributed by atoms with Gasteiger partial charge in [0.15, 0.2) is 0 Å². The van der Waals surface area contributed by atoms with E-state index in [9.17, 15) is 14.0 Å². The van der Waals surface area contributed by atoms with Gasteiger partial charge >= 0.3 is 0 Å². The minimum atomic E-state index is -0.339. The molecule has 0 saturated heterocycles. The van der Waals surface area contributed by atoms with Crippen LogP contribution >= 0.6 is 0 Å². The molecule has 0 spiro atoms. The molecule has 0 saturated carbocycles. The molecule has 0 aromatic heterocycles. The largest absolute Gasteiger partial charge is 0.356 e. The van der Waals surface area contributed by atoms with E-state index in [1.807, 2.05) is 0 Å². The Kier molecular flexibility index (Phi) is 5.13. The van der Waals surface area contributed by atoms with Crippen LogP contribution in [0.5, 0.6) is 0 Å². The van der Waals surface area contributed by atoms with Gasteiger partial charge in [0.2, 0.25) is 11.8 Å². The predicted molar refractivity (Wildman–Crippen MR) is 62.9 cm³/mol. The van der Waals surface area contributed by atoms with Crippen LogP contribution < -0.4 is 10.6 Å². The Morgan fingerprint density at radius 1 is 1.24 bits per heavy atom. The number of rotatable bonds is 5. The van der Waals surface area contributed by atoms with E-state index >= 15 is 0 Å². The van der Waals surface area contributed by atoms with Crippen molar-refractivity contribution in [1.82, 2.24) is 5.32 Å². The number of nitrogens with one attached hydrogen (secondary N) is 2. The van der Waals surface area contributed by atoms with E-state index in [4.69, 9.17) is 0 Å². The summed E-state index contributed by atoms with van der Waals surface area (Å²) in [5, 5.41) is 5.24. The summed E-state index contributed by atoms with van der Waals surface area (Å²) in [6.45, 7) is 1.91. The molecular weight excluding hydrogens is 223 g/mol. The smallest absolute Gasteiger partial charge is 0.224 e. The number of carbonyl (C=O) groups excluding carboxylic acids is 2. The van der Waals surface area contributed by atoms with E-state index in [1.165, 1.54) is 31.2 Å². The third-order valence-corrected chi connectivity index (χ3v) is 2.08. The highest BCUT2D eigenvalue weighted by Gasteiger charge is 2.02. The zero-order chi connectivity index (χ0) is 12.7. The van der Waals surface area contributed by atoms with Crippen molar-refractivity contribution in [2.45, 2.75) is 19.8 Å². The number of anilines is 1. The molecule has 2 N–H and O–H groups in total. The minimum absolute atomic E-state index is 0.107. The SMILES string of the molecule is CC(=O)NCCCC(=O)Nc1ccc(F)cc1. The molecule has 5 heteroatoms. The summed E-state index contributed by atoms with van der Waals surface area (Å²) in [5.74, 6) is -0.598. The summed E-state index contributed by atoms with van der Waals surface area (Å²) >= 11 is 0. The van der Waals surface area contributed by atoms with Gasteiger partial charge in [-0.1, -0.05) is 0 Å². The van der Waals surface area contributed by atoms with E-state index in [0.29, 0.717) is 25.1 Å². The standard InChI is InChI=1S/C12H15FN2O2/c1-9(16)14-8-2-3-12(17)15-11-6-4-10(13)5-7-11/h4-7H,2-3,8H2,1H3,(H,14,16)(H,15,17). The van der Waals surface area contributed by atoms with Crippen LogP contribution in [0.3, 0.4) is 0 Å². The highest BCUT2D eigenvalue weighted by molar-refractivity contribution is 5.90. The van der Waals surface area contributed by atoms with E-state index < -0.39 is 0 Å². The lowest BCUT2D eigenvalue weighted by molar-refractivity contribution is -0.119. The molecule has 2 amide bonds. The molecule has 1 rings (SSSR count). The molecule has 92 valence electrons. The topological polar surface area (TPSA) is 58.2 Å². The molecule has 0 atom stereocenters. The van der Waals surface area contributed by atoms with Crippen molar-refractivity contribution in [2.24, 2.45) is 0 Å². The first-order valence-corrected chi connectivity index (χ1v) is 5.38. The summed E-state index contributed by atoms with van der Waals surface area (Å²) < 4.78 is 12.6. The van der Waals surface area contributed by atoms with E-state index in [0.717, 1.165) is 0 Å². The van der Waals surface area contributed by atoms with Crippen molar-refractivity contribution >= 4 is 17.5 Å². The Hall–Kier alpha value is -1.91. The third kappa shape index (κ3) is 5.65. The van der Waals surface area contributed by atoms with Crippen molar-refractivity contribution < 1.29 is 14.0 Å². The second-order valence-corrected chi connectivity index (χ2v) is 3.64. The van der Waals surface area contributed by atoms with Gasteiger partial charge in [0.1, 0.15) is 5.82 Å². The first-order chi connectivity index (χ1) is 8.08. The fourth-order valence-corrected chi connectivity index (χ4v) is 1.27. The maximum Gasteiger partial charge on any atom is 0.224 e. The molecule has 4 nitrogen and oxygen atoms in total. The number of carbonyl (C=O) groups is 2. The van der Waals surface area contributed by atoms with E-state index in [1.54, 1.807) is 0 Å². The first kappa shape index (κ1) is 13.2. The number of hydrogen-bond donors (Lipinski definition) is 2. The maximum atomic E-state index is 12.6. The summed E-state index contributed by atoms with van der Waals surface area (Å²) in [5.41, 5.74) is 0.566. The number of halogens is 1. The predicted octanol–water partition coefficient (Wildman–Crippen LogP) is 1.68. The van der Waals surface area contributed by atoms with Gasteiger partial charge in [0, 0.05) is 25.6 Å². The molecule has 17 heavy (non-hydrogen) atoms. The number of amides is 2. The molecule has 0 aliphatic heterocycles. The molecule has 1 aromatic carbocycles. The number of benzene rings is 1. The van der Waals surface area contributed by atoms with Gasteiger partial charge in [0.05, 0.1) is 0 Å². The summed E-state index contributed by atoms with van der Waals surface area (Å²) in [6.07, 6.45) is 0.893. The third-order valence-electron chi connectivity index (χ3n) is 2.08. The lowest BCUT2D eigenvalue weighted by Crippen LogP contribution is -2.22. The maximum absolute atomic E-state index is 12.6. The van der Waals surface area contributed by atoms with Crippen LogP contribution in [0.25, 0.3) is 0 Å². The Bertz CT molecular complexity index is 390. The molecule has 0 unspecified atom stereocenters. The molecular formula is C12H15FN2O2. The fraction of sp³-hybridized carbons (Fsp3) is 0.333. The van der Waals surface area contributed by atoms with Gasteiger partial charge in [-0.05, 0) is 30.7 Å². The summed E-state index contributed by atoms with van der Waals surface area (Å²) in [7, 11) is 0. The van der Waals surface area contributed by atoms with Crippen LogP contribution in [0.2, 0.25) is 0 Å². The van der Waals surface area contributed by atoms with Gasteiger partial charge in [-0.15, -0.1) is 0 Å². The Morgan fingerprint density at radius 3 is 2.47 bits per heavy atom. The number of hydrogen-bond acceptors (Lipinski definition) is 2. The molecule has 0 radical (unpaired) electrons. The van der Waals surface area contributed by atoms with E-state index in [-0.39, 0.29) is 17.6 Å². The summed E-state index contributed by atoms with van der Waals surface area (Å²) in [4.78, 5) is 22.0. The lowest BCUT2D eigenvalue weighted by atomic mass is 10.2. The molecule has 0 aliphatic rings. The van der Waals surface area contributed by atoms with Crippen LogP contribution in [-0.2, 0) is 9.59 Å². The zero-order valence-electron chi connectivity index (χ0n) is 9.63. The molecule has 0 aliphatic carbocycles. The second-order valence-electron chi connectivity index (χ2n) is 3.64. The van der Waals surface area contributed by atoms with Gasteiger partial charge in [-0.2, -0.15) is 0 Å². The Morgan fingerprint density at radius 2 is 1.88 bits per heavy atom. The van der Waals surface area contributed by atoms with Crippen molar-refractivity contribution in [3.05, 3.63) is 30.1 Å². The lowest BCUT2D eigenvalue weighted by Gasteiger charge is -2.05. The average Bonchev–Trinajstić information content (AvgIpc) is 2.27. The van der Waals surface area contributed by atoms with Crippen LogP contribution in [0.1, 0.15) is 19.8 Å². The van der Waals surface area contributed by atoms with Gasteiger partial charge in [-0.3, -0.25) is 9.59 Å². The highest BCUT2D eigenvalue weighted by Crippen LogP contribution is 2.08. The fourth-order valence-electron chi connectivity index (χ4n) is 1.27. The van der Waals surface area contributed by atoms with Crippen molar-refractivity contribution in [2.75, 3.05) is 11.9 Å². The zero-order valence-corrected chi connectivity index (χ0v) is 9.63. The molecule has 0 bridgehead atoms. The Balaban J connectivity index is 2.25. The normalized spacial score (nSPS) is 9.76. The average molecular weight is 238 g/mol. The summed E-state index contributed by atoms with van der Waals surface area (Å²) in [6, 6.07) is 5.57. The Labute approximate surface area is 99.2 Å². The minimum Gasteiger partial charge on any atom is -0.356 e. The van der Waals surface area contributed by atoms with Crippen molar-refractivity contribution in [3.8, 4) is 0 Å². The van der Waals surface area contributed by atoms with Crippen molar-refractivity contribution in [1.29, 1.82) is 0 Å². The highest BCUT2D eigenvalue weighted by atomic mass is 19.1. The van der Waals surface area contributed by atoms with Crippen LogP contribution in [-0.4, -0.2) is 18.4 Å². The first-order valence-electron chi connectivity index (χ1n) is 5.38. The molecule has 0 heterocycles. The van der Waals surface area contributed by atoms with E-state index in [2.05, 4.69) is 10.6 Å².